The quantitative estimate of drug-likeness (QED) is 0.628. The summed E-state index contributed by atoms with van der Waals surface area (Å²) in [5.74, 6) is -1.50. The number of carbonyl (C=O) groups excluding carboxylic acids is 1. The summed E-state index contributed by atoms with van der Waals surface area (Å²) in [6.45, 7) is 10.6. The summed E-state index contributed by atoms with van der Waals surface area (Å²) >= 11 is 0. The van der Waals surface area contributed by atoms with E-state index < -0.39 is 12.0 Å². The number of nitrogens with one attached hydrogen (secondary N) is 1. The number of hydrogen-bond acceptors (Lipinski definition) is 5. The van der Waals surface area contributed by atoms with Gasteiger partial charge in [0.1, 0.15) is 11.7 Å². The van der Waals surface area contributed by atoms with Crippen molar-refractivity contribution in [3.05, 3.63) is 46.8 Å². The molecule has 3 aromatic heterocycles. The SMILES string of the molecule is CCn1cc(Cn2nc(C)c(NC(=O)C(C)n3nccc3C(=O)O)c2C)c(C)n1. The molecule has 0 aliphatic heterocycles. The van der Waals surface area contributed by atoms with Crippen LogP contribution in [0.2, 0.25) is 0 Å². The highest BCUT2D eigenvalue weighted by atomic mass is 16.4. The van der Waals surface area contributed by atoms with Crippen molar-refractivity contribution in [2.45, 2.75) is 53.8 Å². The monoisotopic (exact) mass is 399 g/mol. The third-order valence-corrected chi connectivity index (χ3v) is 4.96. The van der Waals surface area contributed by atoms with Crippen LogP contribution in [0.4, 0.5) is 5.69 Å². The largest absolute Gasteiger partial charge is 0.477 e. The van der Waals surface area contributed by atoms with Gasteiger partial charge in [-0.05, 0) is 40.7 Å². The van der Waals surface area contributed by atoms with Crippen LogP contribution in [0.1, 0.15) is 53.0 Å². The smallest absolute Gasteiger partial charge is 0.354 e. The summed E-state index contributed by atoms with van der Waals surface area (Å²) in [6, 6.07) is 0.572. The zero-order chi connectivity index (χ0) is 21.3. The minimum atomic E-state index is -1.13. The maximum Gasteiger partial charge on any atom is 0.354 e. The zero-order valence-electron chi connectivity index (χ0n) is 17.2. The van der Waals surface area contributed by atoms with Crippen molar-refractivity contribution in [3.8, 4) is 0 Å². The lowest BCUT2D eigenvalue weighted by Crippen LogP contribution is -2.27. The number of carboxylic acid groups (broad SMARTS) is 1. The molecule has 3 heterocycles. The molecule has 0 aliphatic rings. The van der Waals surface area contributed by atoms with Gasteiger partial charge in [0.15, 0.2) is 0 Å². The topological polar surface area (TPSA) is 120 Å². The van der Waals surface area contributed by atoms with Gasteiger partial charge in [-0.1, -0.05) is 0 Å². The number of nitrogens with zero attached hydrogens (tertiary/aromatic N) is 6. The van der Waals surface area contributed by atoms with E-state index in [1.807, 2.05) is 43.3 Å². The molecule has 10 heteroatoms. The zero-order valence-corrected chi connectivity index (χ0v) is 17.2. The number of aromatic nitrogens is 6. The highest BCUT2D eigenvalue weighted by Gasteiger charge is 2.24. The molecule has 0 saturated carbocycles. The van der Waals surface area contributed by atoms with Crippen molar-refractivity contribution in [1.82, 2.24) is 29.3 Å². The summed E-state index contributed by atoms with van der Waals surface area (Å²) in [7, 11) is 0. The van der Waals surface area contributed by atoms with Crippen molar-refractivity contribution in [2.75, 3.05) is 5.32 Å². The van der Waals surface area contributed by atoms with E-state index in [1.165, 1.54) is 16.9 Å². The Balaban J connectivity index is 1.81. The standard InChI is InChI=1S/C19H25N7O3/c1-6-24-9-15(11(2)22-24)10-25-13(4)17(12(3)23-25)21-18(27)14(5)26-16(19(28)29)7-8-20-26/h7-9,14H,6,10H2,1-5H3,(H,21,27)(H,28,29). The first-order valence-electron chi connectivity index (χ1n) is 9.37. The van der Waals surface area contributed by atoms with Crippen LogP contribution in [0.5, 0.6) is 0 Å². The number of aromatic carboxylic acids is 1. The Morgan fingerprint density at radius 3 is 2.55 bits per heavy atom. The third-order valence-electron chi connectivity index (χ3n) is 4.96. The van der Waals surface area contributed by atoms with Gasteiger partial charge in [0.2, 0.25) is 5.91 Å². The van der Waals surface area contributed by atoms with E-state index in [0.29, 0.717) is 17.9 Å². The molecule has 2 N–H and O–H groups in total. The fourth-order valence-electron chi connectivity index (χ4n) is 3.20. The summed E-state index contributed by atoms with van der Waals surface area (Å²) in [6.07, 6.45) is 3.36. The fraction of sp³-hybridized carbons (Fsp3) is 0.421. The highest BCUT2D eigenvalue weighted by Crippen LogP contribution is 2.23. The second-order valence-corrected chi connectivity index (χ2v) is 6.93. The molecule has 29 heavy (non-hydrogen) atoms. The van der Waals surface area contributed by atoms with Gasteiger partial charge in [-0.25, -0.2) is 9.48 Å². The molecule has 3 aromatic rings. The minimum Gasteiger partial charge on any atom is -0.477 e. The average molecular weight is 399 g/mol. The molecule has 3 rings (SSSR count). The second kappa shape index (κ2) is 7.90. The van der Waals surface area contributed by atoms with Crippen LogP contribution in [0.3, 0.4) is 0 Å². The summed E-state index contributed by atoms with van der Waals surface area (Å²) < 4.78 is 4.90. The predicted octanol–water partition coefficient (Wildman–Crippen LogP) is 2.17. The van der Waals surface area contributed by atoms with E-state index in [-0.39, 0.29) is 11.6 Å². The molecule has 0 bridgehead atoms. The molecule has 1 amide bonds. The van der Waals surface area contributed by atoms with Gasteiger partial charge in [-0.2, -0.15) is 15.3 Å². The van der Waals surface area contributed by atoms with E-state index in [4.69, 9.17) is 0 Å². The van der Waals surface area contributed by atoms with E-state index in [9.17, 15) is 14.7 Å². The van der Waals surface area contributed by atoms with Crippen molar-refractivity contribution >= 4 is 17.6 Å². The van der Waals surface area contributed by atoms with Crippen molar-refractivity contribution < 1.29 is 14.7 Å². The summed E-state index contributed by atoms with van der Waals surface area (Å²) in [5.41, 5.74) is 4.07. The van der Waals surface area contributed by atoms with E-state index in [2.05, 4.69) is 20.6 Å². The highest BCUT2D eigenvalue weighted by molar-refractivity contribution is 5.95. The Morgan fingerprint density at radius 1 is 1.21 bits per heavy atom. The van der Waals surface area contributed by atoms with Crippen LogP contribution in [-0.2, 0) is 17.9 Å². The predicted molar refractivity (Wildman–Crippen MR) is 106 cm³/mol. The Hall–Kier alpha value is -3.43. The number of carboxylic acids is 1. The number of amides is 1. The molecule has 0 radical (unpaired) electrons. The molecule has 0 spiro atoms. The summed E-state index contributed by atoms with van der Waals surface area (Å²) in [4.78, 5) is 24.0. The first-order chi connectivity index (χ1) is 13.7. The molecule has 1 unspecified atom stereocenters. The maximum absolute atomic E-state index is 12.7. The van der Waals surface area contributed by atoms with Gasteiger partial charge in [0.25, 0.3) is 0 Å². The molecule has 154 valence electrons. The maximum atomic E-state index is 12.7. The van der Waals surface area contributed by atoms with Crippen LogP contribution in [0.15, 0.2) is 18.5 Å². The lowest BCUT2D eigenvalue weighted by molar-refractivity contribution is -0.119. The molecule has 10 nitrogen and oxygen atoms in total. The number of carbonyl (C=O) groups is 2. The van der Waals surface area contributed by atoms with Gasteiger partial charge < -0.3 is 10.4 Å². The van der Waals surface area contributed by atoms with E-state index in [1.54, 1.807) is 6.92 Å². The minimum absolute atomic E-state index is 0.0415. The van der Waals surface area contributed by atoms with Crippen LogP contribution in [-0.4, -0.2) is 46.3 Å². The normalized spacial score (nSPS) is 12.2. The number of hydrogen-bond donors (Lipinski definition) is 2. The Kier molecular flexibility index (Phi) is 5.53. The molecule has 0 fully saturated rings. The fourth-order valence-corrected chi connectivity index (χ4v) is 3.20. The molecule has 1 atom stereocenters. The Bertz CT molecular complexity index is 1060. The van der Waals surface area contributed by atoms with Crippen LogP contribution in [0.25, 0.3) is 0 Å². The van der Waals surface area contributed by atoms with E-state index in [0.717, 1.165) is 23.5 Å². The van der Waals surface area contributed by atoms with Gasteiger partial charge in [0.05, 0.1) is 29.3 Å². The second-order valence-electron chi connectivity index (χ2n) is 6.93. The average Bonchev–Trinajstić information content (AvgIpc) is 3.36. The molecule has 0 aliphatic carbocycles. The number of aryl methyl sites for hydroxylation is 3. The molecular formula is C19H25N7O3. The van der Waals surface area contributed by atoms with Gasteiger partial charge >= 0.3 is 5.97 Å². The van der Waals surface area contributed by atoms with Gasteiger partial charge in [0, 0.05) is 24.5 Å². The first kappa shape index (κ1) is 20.3. The third kappa shape index (κ3) is 3.91. The number of rotatable bonds is 7. The Morgan fingerprint density at radius 2 is 1.93 bits per heavy atom. The van der Waals surface area contributed by atoms with Gasteiger partial charge in [-0.15, -0.1) is 0 Å². The lowest BCUT2D eigenvalue weighted by atomic mass is 10.2. The molecule has 0 aromatic carbocycles. The van der Waals surface area contributed by atoms with Crippen molar-refractivity contribution in [2.24, 2.45) is 0 Å². The van der Waals surface area contributed by atoms with Crippen LogP contribution >= 0.6 is 0 Å². The number of anilines is 1. The van der Waals surface area contributed by atoms with E-state index >= 15 is 0 Å². The Labute approximate surface area is 168 Å². The van der Waals surface area contributed by atoms with Crippen LogP contribution in [0, 0.1) is 20.8 Å². The molecule has 0 saturated heterocycles. The first-order valence-corrected chi connectivity index (χ1v) is 9.37. The lowest BCUT2D eigenvalue weighted by Gasteiger charge is -2.14. The van der Waals surface area contributed by atoms with Crippen molar-refractivity contribution in [1.29, 1.82) is 0 Å². The summed E-state index contributed by atoms with van der Waals surface area (Å²) in [5, 5.41) is 25.1. The van der Waals surface area contributed by atoms with Crippen LogP contribution < -0.4 is 5.32 Å². The van der Waals surface area contributed by atoms with Gasteiger partial charge in [-0.3, -0.25) is 14.2 Å². The van der Waals surface area contributed by atoms with Crippen molar-refractivity contribution in [3.63, 3.8) is 0 Å². The molecular weight excluding hydrogens is 374 g/mol.